The number of halogens is 2. The molecule has 34 heavy (non-hydrogen) atoms. The summed E-state index contributed by atoms with van der Waals surface area (Å²) in [7, 11) is 0. The van der Waals surface area contributed by atoms with Crippen molar-refractivity contribution in [2.45, 2.75) is 81.8 Å². The first-order valence-electron chi connectivity index (χ1n) is 12.2. The van der Waals surface area contributed by atoms with Crippen LogP contribution in [0.1, 0.15) is 63.9 Å². The molecule has 0 heterocycles. The van der Waals surface area contributed by atoms with E-state index in [1.54, 1.807) is 16.7 Å². The molecule has 1 aliphatic carbocycles. The summed E-state index contributed by atoms with van der Waals surface area (Å²) in [4.78, 5) is 29.5. The largest absolute Gasteiger partial charge is 0.352 e. The number of thioether (sulfide) groups is 1. The highest BCUT2D eigenvalue weighted by atomic mass is 35.5. The van der Waals surface area contributed by atoms with Gasteiger partial charge < -0.3 is 10.2 Å². The molecule has 0 aromatic heterocycles. The molecule has 2 amide bonds. The number of rotatable bonds is 11. The molecular weight excluding hydrogens is 487 g/mol. The van der Waals surface area contributed by atoms with Gasteiger partial charge in [-0.2, -0.15) is 0 Å². The molecule has 0 aliphatic heterocycles. The normalized spacial score (nSPS) is 15.0. The number of carbonyl (C=O) groups excluding carboxylic acids is 2. The van der Waals surface area contributed by atoms with E-state index in [2.05, 4.69) is 5.32 Å². The Labute approximate surface area is 217 Å². The number of nitrogens with zero attached hydrogens (tertiary/aromatic N) is 1. The van der Waals surface area contributed by atoms with Crippen LogP contribution >= 0.6 is 35.0 Å². The van der Waals surface area contributed by atoms with Gasteiger partial charge in [0.2, 0.25) is 11.8 Å². The maximum atomic E-state index is 13.4. The average molecular weight is 522 g/mol. The lowest BCUT2D eigenvalue weighted by atomic mass is 9.95. The topological polar surface area (TPSA) is 49.4 Å². The van der Waals surface area contributed by atoms with Crippen molar-refractivity contribution >= 4 is 46.8 Å². The molecule has 1 N–H and O–H groups in total. The van der Waals surface area contributed by atoms with Crippen molar-refractivity contribution in [2.75, 3.05) is 5.75 Å². The van der Waals surface area contributed by atoms with Gasteiger partial charge in [-0.1, -0.05) is 61.5 Å². The van der Waals surface area contributed by atoms with E-state index in [-0.39, 0.29) is 17.9 Å². The molecule has 1 aliphatic rings. The lowest BCUT2D eigenvalue weighted by Gasteiger charge is -2.33. The number of amides is 2. The number of benzene rings is 2. The molecule has 4 nitrogen and oxygen atoms in total. The Morgan fingerprint density at radius 3 is 2.24 bits per heavy atom. The molecule has 2 aromatic rings. The zero-order valence-corrected chi connectivity index (χ0v) is 22.1. The second-order valence-corrected chi connectivity index (χ2v) is 10.9. The summed E-state index contributed by atoms with van der Waals surface area (Å²) in [6.45, 7) is 2.38. The van der Waals surface area contributed by atoms with Gasteiger partial charge in [0, 0.05) is 33.9 Å². The lowest BCUT2D eigenvalue weighted by molar-refractivity contribution is -0.141. The SMILES string of the molecule is CC[C@H](C(=O)NC1CCCCC1)N(Cc1ccc(Cl)cc1)C(=O)CCCSc1ccc(Cl)cc1. The zero-order valence-electron chi connectivity index (χ0n) is 19.8. The Morgan fingerprint density at radius 2 is 1.62 bits per heavy atom. The Bertz CT molecular complexity index is 915. The monoisotopic (exact) mass is 520 g/mol. The van der Waals surface area contributed by atoms with Gasteiger partial charge in [0.15, 0.2) is 0 Å². The minimum Gasteiger partial charge on any atom is -0.352 e. The molecule has 0 radical (unpaired) electrons. The second kappa shape index (κ2) is 14.0. The van der Waals surface area contributed by atoms with E-state index < -0.39 is 6.04 Å². The van der Waals surface area contributed by atoms with Crippen LogP contribution in [0.2, 0.25) is 10.0 Å². The van der Waals surface area contributed by atoms with Gasteiger partial charge in [-0.3, -0.25) is 9.59 Å². The summed E-state index contributed by atoms with van der Waals surface area (Å²) in [6, 6.07) is 15.0. The summed E-state index contributed by atoms with van der Waals surface area (Å²) in [5.41, 5.74) is 0.970. The van der Waals surface area contributed by atoms with Crippen LogP contribution in [-0.2, 0) is 16.1 Å². The maximum absolute atomic E-state index is 13.4. The van der Waals surface area contributed by atoms with E-state index >= 15 is 0 Å². The van der Waals surface area contributed by atoms with Crippen molar-refractivity contribution in [3.63, 3.8) is 0 Å². The van der Waals surface area contributed by atoms with Gasteiger partial charge >= 0.3 is 0 Å². The molecule has 1 fully saturated rings. The zero-order chi connectivity index (χ0) is 24.3. The van der Waals surface area contributed by atoms with E-state index in [0.29, 0.717) is 24.4 Å². The summed E-state index contributed by atoms with van der Waals surface area (Å²) in [6.07, 6.45) is 7.31. The van der Waals surface area contributed by atoms with E-state index in [1.165, 1.54) is 6.42 Å². The summed E-state index contributed by atoms with van der Waals surface area (Å²) < 4.78 is 0. The second-order valence-electron chi connectivity index (χ2n) is 8.82. The fourth-order valence-corrected chi connectivity index (χ4v) is 5.44. The smallest absolute Gasteiger partial charge is 0.243 e. The van der Waals surface area contributed by atoms with E-state index in [9.17, 15) is 9.59 Å². The number of hydrogen-bond acceptors (Lipinski definition) is 3. The van der Waals surface area contributed by atoms with Gasteiger partial charge in [0.05, 0.1) is 0 Å². The maximum Gasteiger partial charge on any atom is 0.243 e. The lowest BCUT2D eigenvalue weighted by Crippen LogP contribution is -2.51. The van der Waals surface area contributed by atoms with Crippen molar-refractivity contribution in [1.29, 1.82) is 0 Å². The minimum atomic E-state index is -0.478. The first kappa shape index (κ1) is 26.9. The highest BCUT2D eigenvalue weighted by Gasteiger charge is 2.30. The van der Waals surface area contributed by atoms with Crippen LogP contribution in [0.5, 0.6) is 0 Å². The Kier molecular flexibility index (Phi) is 11.1. The van der Waals surface area contributed by atoms with Crippen LogP contribution in [0, 0.1) is 0 Å². The van der Waals surface area contributed by atoms with Gasteiger partial charge in [-0.25, -0.2) is 0 Å². The molecular formula is C27H34Cl2N2O2S. The van der Waals surface area contributed by atoms with E-state index in [1.807, 2.05) is 55.5 Å². The molecule has 2 aromatic carbocycles. The average Bonchev–Trinajstić information content (AvgIpc) is 2.84. The van der Waals surface area contributed by atoms with Crippen LogP contribution in [0.15, 0.2) is 53.4 Å². The Balaban J connectivity index is 1.63. The molecule has 0 bridgehead atoms. The number of nitrogens with one attached hydrogen (secondary N) is 1. The predicted molar refractivity (Wildman–Crippen MR) is 143 cm³/mol. The third-order valence-corrected chi connectivity index (χ3v) is 7.82. The van der Waals surface area contributed by atoms with Crippen molar-refractivity contribution in [3.8, 4) is 0 Å². The van der Waals surface area contributed by atoms with Crippen molar-refractivity contribution in [3.05, 3.63) is 64.1 Å². The van der Waals surface area contributed by atoms with Gasteiger partial charge in [0.25, 0.3) is 0 Å². The van der Waals surface area contributed by atoms with Crippen molar-refractivity contribution < 1.29 is 9.59 Å². The predicted octanol–water partition coefficient (Wildman–Crippen LogP) is 7.12. The van der Waals surface area contributed by atoms with E-state index in [0.717, 1.165) is 53.3 Å². The van der Waals surface area contributed by atoms with Gasteiger partial charge in [-0.05, 0) is 73.4 Å². The van der Waals surface area contributed by atoms with Crippen LogP contribution in [-0.4, -0.2) is 34.6 Å². The van der Waals surface area contributed by atoms with Crippen LogP contribution in [0.3, 0.4) is 0 Å². The fraction of sp³-hybridized carbons (Fsp3) is 0.481. The molecule has 0 spiro atoms. The number of hydrogen-bond donors (Lipinski definition) is 1. The van der Waals surface area contributed by atoms with Crippen molar-refractivity contribution in [2.24, 2.45) is 0 Å². The quantitative estimate of drug-likeness (QED) is 0.253. The van der Waals surface area contributed by atoms with Gasteiger partial charge in [-0.15, -0.1) is 11.8 Å². The minimum absolute atomic E-state index is 0.0114. The highest BCUT2D eigenvalue weighted by Crippen LogP contribution is 2.23. The summed E-state index contributed by atoms with van der Waals surface area (Å²) >= 11 is 13.7. The van der Waals surface area contributed by atoms with Crippen LogP contribution < -0.4 is 5.32 Å². The fourth-order valence-electron chi connectivity index (χ4n) is 4.34. The summed E-state index contributed by atoms with van der Waals surface area (Å²) in [5, 5.41) is 4.60. The van der Waals surface area contributed by atoms with E-state index in [4.69, 9.17) is 23.2 Å². The van der Waals surface area contributed by atoms with Gasteiger partial charge in [0.1, 0.15) is 6.04 Å². The Morgan fingerprint density at radius 1 is 1.00 bits per heavy atom. The first-order chi connectivity index (χ1) is 16.5. The molecule has 0 saturated heterocycles. The number of carbonyl (C=O) groups is 2. The molecule has 1 saturated carbocycles. The standard InChI is InChI=1S/C27H34Cl2N2O2S/c1-2-25(27(33)30-23-7-4-3-5-8-23)31(19-20-10-12-21(28)13-11-20)26(32)9-6-18-34-24-16-14-22(29)15-17-24/h10-17,23,25H,2-9,18-19H2,1H3,(H,30,33)/t25-/m1/s1. The molecule has 0 unspecified atom stereocenters. The molecule has 1 atom stereocenters. The Hall–Kier alpha value is -1.69. The third kappa shape index (κ3) is 8.51. The third-order valence-electron chi connectivity index (χ3n) is 6.22. The van der Waals surface area contributed by atoms with Crippen LogP contribution in [0.4, 0.5) is 0 Å². The molecule has 184 valence electrons. The van der Waals surface area contributed by atoms with Crippen LogP contribution in [0.25, 0.3) is 0 Å². The summed E-state index contributed by atoms with van der Waals surface area (Å²) in [5.74, 6) is 0.803. The van der Waals surface area contributed by atoms with Crippen molar-refractivity contribution in [1.82, 2.24) is 10.2 Å². The molecule has 7 heteroatoms. The molecule has 3 rings (SSSR count). The highest BCUT2D eigenvalue weighted by molar-refractivity contribution is 7.99. The first-order valence-corrected chi connectivity index (χ1v) is 13.9.